The predicted octanol–water partition coefficient (Wildman–Crippen LogP) is 4.13. The number of fused-ring (bicyclic) bond motifs is 1. The van der Waals surface area contributed by atoms with Gasteiger partial charge >= 0.3 is 6.18 Å². The third-order valence-corrected chi connectivity index (χ3v) is 8.32. The van der Waals surface area contributed by atoms with Crippen molar-refractivity contribution in [3.8, 4) is 0 Å². The average Bonchev–Trinajstić information content (AvgIpc) is 3.18. The largest absolute Gasteiger partial charge is 0.416 e. The quantitative estimate of drug-likeness (QED) is 0.685. The van der Waals surface area contributed by atoms with Gasteiger partial charge in [0.15, 0.2) is 0 Å². The molecule has 0 saturated carbocycles. The van der Waals surface area contributed by atoms with E-state index < -0.39 is 21.8 Å². The Kier molecular flexibility index (Phi) is 6.16. The van der Waals surface area contributed by atoms with E-state index in [0.29, 0.717) is 18.7 Å². The van der Waals surface area contributed by atoms with Gasteiger partial charge in [0.05, 0.1) is 11.3 Å². The lowest BCUT2D eigenvalue weighted by Gasteiger charge is -2.32. The van der Waals surface area contributed by atoms with Crippen molar-refractivity contribution < 1.29 is 21.6 Å². The Morgan fingerprint density at radius 2 is 1.77 bits per heavy atom. The van der Waals surface area contributed by atoms with Crippen LogP contribution in [-0.2, 0) is 29.2 Å². The van der Waals surface area contributed by atoms with Crippen molar-refractivity contribution in [1.29, 1.82) is 0 Å². The van der Waals surface area contributed by atoms with E-state index in [4.69, 9.17) is 0 Å². The molecular weight excluding hydrogens is 425 g/mol. The van der Waals surface area contributed by atoms with Gasteiger partial charge in [-0.2, -0.15) is 13.2 Å². The van der Waals surface area contributed by atoms with Crippen LogP contribution in [-0.4, -0.2) is 49.6 Å². The summed E-state index contributed by atoms with van der Waals surface area (Å²) in [6, 6.07) is 13.6. The fourth-order valence-corrected chi connectivity index (χ4v) is 5.96. The number of benzene rings is 2. The molecule has 0 amide bonds. The number of hydrogen-bond acceptors (Lipinski definition) is 3. The summed E-state index contributed by atoms with van der Waals surface area (Å²) >= 11 is 0. The molecule has 0 aromatic heterocycles. The molecule has 168 valence electrons. The molecule has 2 aromatic rings. The molecule has 2 unspecified atom stereocenters. The molecule has 2 atom stereocenters. The van der Waals surface area contributed by atoms with Crippen LogP contribution in [0.3, 0.4) is 0 Å². The smallest absolute Gasteiger partial charge is 0.298 e. The molecule has 0 spiro atoms. The van der Waals surface area contributed by atoms with E-state index in [1.807, 2.05) is 12.1 Å². The van der Waals surface area contributed by atoms with Gasteiger partial charge in [-0.25, -0.2) is 12.7 Å². The first kappa shape index (κ1) is 22.3. The van der Waals surface area contributed by atoms with Gasteiger partial charge in [0.2, 0.25) is 10.0 Å². The topological polar surface area (TPSA) is 40.6 Å². The van der Waals surface area contributed by atoms with Crippen molar-refractivity contribution in [2.24, 2.45) is 5.92 Å². The van der Waals surface area contributed by atoms with Gasteiger partial charge < -0.3 is 0 Å². The third-order valence-electron chi connectivity index (χ3n) is 6.51. The Balaban J connectivity index is 1.59. The lowest BCUT2D eigenvalue weighted by Crippen LogP contribution is -2.37. The molecule has 1 fully saturated rings. The van der Waals surface area contributed by atoms with Crippen LogP contribution in [0.15, 0.2) is 48.5 Å². The maximum atomic E-state index is 13.3. The molecule has 4 nitrogen and oxygen atoms in total. The lowest BCUT2D eigenvalue weighted by molar-refractivity contribution is -0.137. The fourth-order valence-electron chi connectivity index (χ4n) is 4.79. The van der Waals surface area contributed by atoms with Crippen LogP contribution in [0.2, 0.25) is 0 Å². The van der Waals surface area contributed by atoms with Crippen LogP contribution in [0, 0.1) is 5.92 Å². The zero-order valence-corrected chi connectivity index (χ0v) is 18.3. The lowest BCUT2D eigenvalue weighted by atomic mass is 9.87. The van der Waals surface area contributed by atoms with E-state index in [1.54, 1.807) is 13.0 Å². The van der Waals surface area contributed by atoms with Crippen LogP contribution >= 0.6 is 0 Å². The maximum Gasteiger partial charge on any atom is 0.416 e. The predicted molar refractivity (Wildman–Crippen MR) is 114 cm³/mol. The van der Waals surface area contributed by atoms with Crippen LogP contribution in [0.25, 0.3) is 0 Å². The van der Waals surface area contributed by atoms with E-state index in [2.05, 4.69) is 17.0 Å². The summed E-state index contributed by atoms with van der Waals surface area (Å²) in [5.41, 5.74) is 2.47. The summed E-state index contributed by atoms with van der Waals surface area (Å²) in [6.45, 7) is 4.47. The number of alkyl halides is 3. The van der Waals surface area contributed by atoms with E-state index in [9.17, 15) is 21.6 Å². The first-order valence-corrected chi connectivity index (χ1v) is 12.2. The second-order valence-corrected chi connectivity index (χ2v) is 10.7. The number of nitrogens with zero attached hydrogens (tertiary/aromatic N) is 2. The minimum absolute atomic E-state index is 0.00782. The highest BCUT2D eigenvalue weighted by molar-refractivity contribution is 7.89. The SMILES string of the molecule is CCS(=O)(=O)N1CC(CN2CCc3ccccc3C2)C(c2cccc(C(F)(F)F)c2)C1. The second kappa shape index (κ2) is 8.56. The minimum atomic E-state index is -4.42. The van der Waals surface area contributed by atoms with E-state index >= 15 is 0 Å². The van der Waals surface area contributed by atoms with Gasteiger partial charge in [0.25, 0.3) is 0 Å². The molecule has 0 aliphatic carbocycles. The fraction of sp³-hybridized carbons (Fsp3) is 0.478. The van der Waals surface area contributed by atoms with E-state index in [0.717, 1.165) is 25.6 Å². The van der Waals surface area contributed by atoms with Crippen LogP contribution in [0.1, 0.15) is 35.1 Å². The zero-order valence-electron chi connectivity index (χ0n) is 17.5. The van der Waals surface area contributed by atoms with E-state index in [-0.39, 0.29) is 24.1 Å². The molecule has 0 bridgehead atoms. The van der Waals surface area contributed by atoms with Crippen LogP contribution in [0.4, 0.5) is 13.2 Å². The average molecular weight is 453 g/mol. The Morgan fingerprint density at radius 3 is 2.48 bits per heavy atom. The Bertz CT molecular complexity index is 1040. The van der Waals surface area contributed by atoms with Crippen molar-refractivity contribution >= 4 is 10.0 Å². The van der Waals surface area contributed by atoms with Gasteiger partial charge in [0, 0.05) is 38.6 Å². The Hall–Kier alpha value is -1.90. The third kappa shape index (κ3) is 4.81. The number of rotatable bonds is 5. The Morgan fingerprint density at radius 1 is 1.03 bits per heavy atom. The van der Waals surface area contributed by atoms with Gasteiger partial charge in [-0.15, -0.1) is 0 Å². The summed E-state index contributed by atoms with van der Waals surface area (Å²) in [7, 11) is -3.41. The van der Waals surface area contributed by atoms with Crippen molar-refractivity contribution in [1.82, 2.24) is 9.21 Å². The molecule has 0 radical (unpaired) electrons. The maximum absolute atomic E-state index is 13.3. The van der Waals surface area contributed by atoms with Gasteiger partial charge in [-0.3, -0.25) is 4.90 Å². The summed E-state index contributed by atoms with van der Waals surface area (Å²) in [4.78, 5) is 2.30. The summed E-state index contributed by atoms with van der Waals surface area (Å²) in [5.74, 6) is -0.331. The van der Waals surface area contributed by atoms with Gasteiger partial charge in [-0.1, -0.05) is 42.5 Å². The molecule has 2 heterocycles. The summed E-state index contributed by atoms with van der Waals surface area (Å²) < 4.78 is 66.3. The number of sulfonamides is 1. The van der Waals surface area contributed by atoms with Crippen molar-refractivity contribution in [2.45, 2.75) is 32.0 Å². The molecule has 8 heteroatoms. The van der Waals surface area contributed by atoms with Crippen molar-refractivity contribution in [3.63, 3.8) is 0 Å². The van der Waals surface area contributed by atoms with Crippen LogP contribution < -0.4 is 0 Å². The highest BCUT2D eigenvalue weighted by Gasteiger charge is 2.40. The van der Waals surface area contributed by atoms with Crippen molar-refractivity contribution in [2.75, 3.05) is 31.9 Å². The summed E-state index contributed by atoms with van der Waals surface area (Å²) in [5, 5.41) is 0. The number of halogens is 3. The normalized spacial score (nSPS) is 23.1. The zero-order chi connectivity index (χ0) is 22.2. The molecule has 4 rings (SSSR count). The first-order valence-electron chi connectivity index (χ1n) is 10.6. The molecule has 0 N–H and O–H groups in total. The molecule has 31 heavy (non-hydrogen) atoms. The minimum Gasteiger partial charge on any atom is -0.298 e. The highest BCUT2D eigenvalue weighted by atomic mass is 32.2. The first-order chi connectivity index (χ1) is 14.7. The molecule has 2 aromatic carbocycles. The highest BCUT2D eigenvalue weighted by Crippen LogP contribution is 2.38. The van der Waals surface area contributed by atoms with Gasteiger partial charge in [0.1, 0.15) is 0 Å². The molecular formula is C23H27F3N2O2S. The van der Waals surface area contributed by atoms with Gasteiger partial charge in [-0.05, 0) is 42.0 Å². The van der Waals surface area contributed by atoms with Crippen LogP contribution in [0.5, 0.6) is 0 Å². The molecule has 2 aliphatic rings. The molecule has 1 saturated heterocycles. The van der Waals surface area contributed by atoms with Crippen molar-refractivity contribution in [3.05, 3.63) is 70.8 Å². The number of hydrogen-bond donors (Lipinski definition) is 0. The Labute approximate surface area is 181 Å². The van der Waals surface area contributed by atoms with E-state index in [1.165, 1.54) is 27.6 Å². The second-order valence-electron chi connectivity index (χ2n) is 8.46. The summed E-state index contributed by atoms with van der Waals surface area (Å²) in [6.07, 6.45) is -3.50. The molecule has 2 aliphatic heterocycles. The standard InChI is InChI=1S/C23H27F3N2O2S/c1-2-31(29,30)28-15-20(14-27-11-10-17-6-3-4-7-19(17)13-27)22(16-28)18-8-5-9-21(12-18)23(24,25)26/h3-9,12,20,22H,2,10-11,13-16H2,1H3. The monoisotopic (exact) mass is 452 g/mol.